The molecule has 0 saturated heterocycles. The number of carbonyl (C=O) groups excluding carboxylic acids is 1. The largest absolute Gasteiger partial charge is 0.465 e. The summed E-state index contributed by atoms with van der Waals surface area (Å²) >= 11 is 0. The number of carbonyl (C=O) groups is 1. The number of ether oxygens (including phenoxy) is 1. The molecule has 2 rings (SSSR count). The van der Waals surface area contributed by atoms with E-state index in [-0.39, 0.29) is 11.7 Å². The van der Waals surface area contributed by atoms with Crippen molar-refractivity contribution in [3.8, 4) is 0 Å². The fourth-order valence-electron chi connectivity index (χ4n) is 2.09. The van der Waals surface area contributed by atoms with Crippen molar-refractivity contribution in [2.75, 3.05) is 13.2 Å². The molecule has 1 aliphatic rings. The number of nitro benzene ring substituents is 1. The zero-order chi connectivity index (χ0) is 13.1. The van der Waals surface area contributed by atoms with Gasteiger partial charge in [0.25, 0.3) is 5.69 Å². The standard InChI is InChI=1S/C12H14N2O4/c1-2-18-12(15)11-10-7-9(14(16)17)4-3-8(10)5-6-13-11/h3-4,7,11,13H,2,5-6H2,1H3. The average molecular weight is 250 g/mol. The van der Waals surface area contributed by atoms with E-state index in [9.17, 15) is 14.9 Å². The maximum atomic E-state index is 11.8. The quantitative estimate of drug-likeness (QED) is 0.497. The highest BCUT2D eigenvalue weighted by Crippen LogP contribution is 2.27. The monoisotopic (exact) mass is 250 g/mol. The number of nitro groups is 1. The normalized spacial score (nSPS) is 17.9. The molecule has 1 N–H and O–H groups in total. The van der Waals surface area contributed by atoms with Crippen molar-refractivity contribution in [1.82, 2.24) is 5.32 Å². The van der Waals surface area contributed by atoms with E-state index in [2.05, 4.69) is 5.32 Å². The van der Waals surface area contributed by atoms with E-state index < -0.39 is 11.0 Å². The van der Waals surface area contributed by atoms with Gasteiger partial charge in [-0.15, -0.1) is 0 Å². The Labute approximate surface area is 104 Å². The number of nitrogens with one attached hydrogen (secondary N) is 1. The van der Waals surface area contributed by atoms with E-state index in [0.29, 0.717) is 18.7 Å². The van der Waals surface area contributed by atoms with Crippen molar-refractivity contribution in [3.63, 3.8) is 0 Å². The minimum Gasteiger partial charge on any atom is -0.465 e. The van der Waals surface area contributed by atoms with Crippen molar-refractivity contribution in [2.24, 2.45) is 0 Å². The second kappa shape index (κ2) is 5.14. The molecular formula is C12H14N2O4. The van der Waals surface area contributed by atoms with Crippen LogP contribution >= 0.6 is 0 Å². The van der Waals surface area contributed by atoms with Gasteiger partial charge in [-0.1, -0.05) is 6.07 Å². The molecule has 6 nitrogen and oxygen atoms in total. The summed E-state index contributed by atoms with van der Waals surface area (Å²) in [5.74, 6) is -0.390. The number of nitrogens with zero attached hydrogens (tertiary/aromatic N) is 1. The Morgan fingerprint density at radius 3 is 3.06 bits per heavy atom. The van der Waals surface area contributed by atoms with E-state index in [1.54, 1.807) is 13.0 Å². The highest BCUT2D eigenvalue weighted by Gasteiger charge is 2.28. The lowest BCUT2D eigenvalue weighted by Gasteiger charge is -2.24. The van der Waals surface area contributed by atoms with Gasteiger partial charge in [0, 0.05) is 18.7 Å². The second-order valence-electron chi connectivity index (χ2n) is 4.03. The van der Waals surface area contributed by atoms with Crippen LogP contribution in [0.3, 0.4) is 0 Å². The summed E-state index contributed by atoms with van der Waals surface area (Å²) in [6, 6.07) is 4.02. The molecule has 18 heavy (non-hydrogen) atoms. The van der Waals surface area contributed by atoms with Crippen LogP contribution in [-0.4, -0.2) is 24.0 Å². The Hall–Kier alpha value is -1.95. The van der Waals surface area contributed by atoms with Crippen LogP contribution in [0, 0.1) is 10.1 Å². The SMILES string of the molecule is CCOC(=O)C1NCCc2ccc([N+](=O)[O-])cc21. The summed E-state index contributed by atoms with van der Waals surface area (Å²) in [6.45, 7) is 2.69. The number of esters is 1. The van der Waals surface area contributed by atoms with E-state index in [1.165, 1.54) is 12.1 Å². The Morgan fingerprint density at radius 2 is 2.39 bits per heavy atom. The second-order valence-corrected chi connectivity index (χ2v) is 4.03. The van der Waals surface area contributed by atoms with E-state index in [0.717, 1.165) is 12.0 Å². The number of benzene rings is 1. The summed E-state index contributed by atoms with van der Waals surface area (Å²) in [7, 11) is 0. The summed E-state index contributed by atoms with van der Waals surface area (Å²) in [5, 5.41) is 13.8. The summed E-state index contributed by atoms with van der Waals surface area (Å²) in [4.78, 5) is 22.1. The topological polar surface area (TPSA) is 81.5 Å². The fourth-order valence-corrected chi connectivity index (χ4v) is 2.09. The van der Waals surface area contributed by atoms with Gasteiger partial charge in [0.05, 0.1) is 11.5 Å². The van der Waals surface area contributed by atoms with Crippen LogP contribution < -0.4 is 5.32 Å². The number of hydrogen-bond donors (Lipinski definition) is 1. The van der Waals surface area contributed by atoms with Crippen LogP contribution in [0.25, 0.3) is 0 Å². The smallest absolute Gasteiger partial charge is 0.327 e. The molecule has 1 unspecified atom stereocenters. The van der Waals surface area contributed by atoms with Crippen LogP contribution in [0.2, 0.25) is 0 Å². The zero-order valence-electron chi connectivity index (χ0n) is 10.0. The fraction of sp³-hybridized carbons (Fsp3) is 0.417. The molecule has 1 atom stereocenters. The first-order valence-corrected chi connectivity index (χ1v) is 5.80. The maximum absolute atomic E-state index is 11.8. The highest BCUT2D eigenvalue weighted by molar-refractivity contribution is 5.79. The van der Waals surface area contributed by atoms with Crippen LogP contribution in [0.5, 0.6) is 0 Å². The third kappa shape index (κ3) is 2.33. The van der Waals surface area contributed by atoms with E-state index >= 15 is 0 Å². The molecule has 1 aromatic carbocycles. The van der Waals surface area contributed by atoms with Crippen LogP contribution in [-0.2, 0) is 16.0 Å². The molecule has 0 saturated carbocycles. The number of rotatable bonds is 3. The van der Waals surface area contributed by atoms with Crippen molar-refractivity contribution < 1.29 is 14.5 Å². The van der Waals surface area contributed by atoms with Gasteiger partial charge in [-0.3, -0.25) is 10.1 Å². The highest BCUT2D eigenvalue weighted by atomic mass is 16.6. The Bertz CT molecular complexity index is 487. The predicted octanol–water partition coefficient (Wildman–Crippen LogP) is 1.34. The van der Waals surface area contributed by atoms with Crippen LogP contribution in [0.15, 0.2) is 18.2 Å². The number of fused-ring (bicyclic) bond motifs is 1. The molecule has 1 heterocycles. The minimum atomic E-state index is -0.603. The third-order valence-electron chi connectivity index (χ3n) is 2.92. The predicted molar refractivity (Wildman–Crippen MR) is 64.2 cm³/mol. The minimum absolute atomic E-state index is 0.00764. The van der Waals surface area contributed by atoms with Crippen LogP contribution in [0.4, 0.5) is 5.69 Å². The van der Waals surface area contributed by atoms with Gasteiger partial charge in [0.1, 0.15) is 6.04 Å². The van der Waals surface area contributed by atoms with Gasteiger partial charge >= 0.3 is 5.97 Å². The van der Waals surface area contributed by atoms with Crippen molar-refractivity contribution in [3.05, 3.63) is 39.4 Å². The molecular weight excluding hydrogens is 236 g/mol. The van der Waals surface area contributed by atoms with Gasteiger partial charge in [0.2, 0.25) is 0 Å². The van der Waals surface area contributed by atoms with E-state index in [4.69, 9.17) is 4.74 Å². The van der Waals surface area contributed by atoms with Crippen molar-refractivity contribution in [2.45, 2.75) is 19.4 Å². The molecule has 0 spiro atoms. The van der Waals surface area contributed by atoms with Gasteiger partial charge in [-0.25, -0.2) is 4.79 Å². The average Bonchev–Trinajstić information content (AvgIpc) is 2.37. The lowest BCUT2D eigenvalue weighted by Crippen LogP contribution is -2.36. The molecule has 6 heteroatoms. The first kappa shape index (κ1) is 12.5. The van der Waals surface area contributed by atoms with Gasteiger partial charge in [0.15, 0.2) is 0 Å². The van der Waals surface area contributed by atoms with Gasteiger partial charge in [-0.05, 0) is 24.5 Å². The summed E-state index contributed by atoms with van der Waals surface area (Å²) < 4.78 is 4.97. The molecule has 0 fully saturated rings. The molecule has 0 radical (unpaired) electrons. The van der Waals surface area contributed by atoms with Crippen molar-refractivity contribution in [1.29, 1.82) is 0 Å². The van der Waals surface area contributed by atoms with E-state index in [1.807, 2.05) is 0 Å². The molecule has 0 bridgehead atoms. The zero-order valence-corrected chi connectivity index (χ0v) is 10.0. The Kier molecular flexibility index (Phi) is 3.57. The molecule has 0 aromatic heterocycles. The Balaban J connectivity index is 2.37. The third-order valence-corrected chi connectivity index (χ3v) is 2.92. The molecule has 0 aliphatic carbocycles. The number of non-ortho nitro benzene ring substituents is 1. The van der Waals surface area contributed by atoms with Gasteiger partial charge < -0.3 is 10.1 Å². The number of hydrogen-bond acceptors (Lipinski definition) is 5. The summed E-state index contributed by atoms with van der Waals surface area (Å²) in [5.41, 5.74) is 1.60. The van der Waals surface area contributed by atoms with Crippen LogP contribution in [0.1, 0.15) is 24.1 Å². The lowest BCUT2D eigenvalue weighted by atomic mass is 9.94. The Morgan fingerprint density at radius 1 is 1.61 bits per heavy atom. The molecule has 96 valence electrons. The van der Waals surface area contributed by atoms with Crippen molar-refractivity contribution >= 4 is 11.7 Å². The first-order valence-electron chi connectivity index (χ1n) is 5.80. The molecule has 1 aromatic rings. The summed E-state index contributed by atoms with van der Waals surface area (Å²) in [6.07, 6.45) is 0.753. The van der Waals surface area contributed by atoms with Gasteiger partial charge in [-0.2, -0.15) is 0 Å². The maximum Gasteiger partial charge on any atom is 0.327 e. The molecule has 1 aliphatic heterocycles. The molecule has 0 amide bonds. The first-order chi connectivity index (χ1) is 8.63. The lowest BCUT2D eigenvalue weighted by molar-refractivity contribution is -0.384.